The Labute approximate surface area is 125 Å². The van der Waals surface area contributed by atoms with Crippen LogP contribution in [-0.4, -0.2) is 19.6 Å². The lowest BCUT2D eigenvalue weighted by atomic mass is 10.1. The summed E-state index contributed by atoms with van der Waals surface area (Å²) in [5, 5.41) is 3.54. The number of nitrogens with zero attached hydrogens (tertiary/aromatic N) is 1. The molecule has 2 rings (SSSR count). The van der Waals surface area contributed by atoms with E-state index in [-0.39, 0.29) is 0 Å². The van der Waals surface area contributed by atoms with Gasteiger partial charge in [-0.25, -0.2) is 0 Å². The molecule has 1 aliphatic heterocycles. The summed E-state index contributed by atoms with van der Waals surface area (Å²) in [5.41, 5.74) is 2.72. The first-order valence-corrected chi connectivity index (χ1v) is 8.29. The topological polar surface area (TPSA) is 15.3 Å². The van der Waals surface area contributed by atoms with Crippen molar-refractivity contribution in [3.05, 3.63) is 28.2 Å². The molecule has 0 amide bonds. The van der Waals surface area contributed by atoms with Gasteiger partial charge in [0.15, 0.2) is 0 Å². The van der Waals surface area contributed by atoms with E-state index in [0.29, 0.717) is 6.04 Å². The summed E-state index contributed by atoms with van der Waals surface area (Å²) < 4.78 is 1.23. The fraction of sp³-hybridized carbons (Fsp3) is 0.625. The average Bonchev–Trinajstić information content (AvgIpc) is 2.45. The van der Waals surface area contributed by atoms with Gasteiger partial charge >= 0.3 is 0 Å². The molecule has 1 aliphatic rings. The van der Waals surface area contributed by atoms with Crippen LogP contribution in [0.5, 0.6) is 0 Å². The molecule has 0 aliphatic carbocycles. The minimum absolute atomic E-state index is 0.423. The van der Waals surface area contributed by atoms with E-state index in [4.69, 9.17) is 0 Å². The second-order valence-electron chi connectivity index (χ2n) is 5.43. The van der Waals surface area contributed by atoms with E-state index in [1.54, 1.807) is 0 Å². The number of halogens is 1. The van der Waals surface area contributed by atoms with E-state index in [1.807, 2.05) is 0 Å². The first-order chi connectivity index (χ1) is 9.22. The summed E-state index contributed by atoms with van der Waals surface area (Å²) in [7, 11) is 0. The molecule has 1 unspecified atom stereocenters. The van der Waals surface area contributed by atoms with Crippen molar-refractivity contribution in [2.24, 2.45) is 0 Å². The van der Waals surface area contributed by atoms with Crippen molar-refractivity contribution in [1.29, 1.82) is 0 Å². The molecule has 0 spiro atoms. The molecule has 1 saturated heterocycles. The van der Waals surface area contributed by atoms with Crippen LogP contribution in [0.3, 0.4) is 0 Å². The van der Waals surface area contributed by atoms with Crippen LogP contribution in [0.4, 0.5) is 5.69 Å². The number of piperidine rings is 1. The predicted molar refractivity (Wildman–Crippen MR) is 86.9 cm³/mol. The van der Waals surface area contributed by atoms with Gasteiger partial charge in [-0.2, -0.15) is 0 Å². The maximum Gasteiger partial charge on any atom is 0.0510 e. The highest BCUT2D eigenvalue weighted by Gasteiger charge is 2.14. The van der Waals surface area contributed by atoms with Crippen LogP contribution in [0.1, 0.15) is 51.1 Å². The van der Waals surface area contributed by atoms with Gasteiger partial charge < -0.3 is 10.2 Å². The molecule has 19 heavy (non-hydrogen) atoms. The second kappa shape index (κ2) is 7.30. The summed E-state index contributed by atoms with van der Waals surface area (Å²) in [4.78, 5) is 2.50. The van der Waals surface area contributed by atoms with Crippen LogP contribution >= 0.6 is 15.9 Å². The van der Waals surface area contributed by atoms with Crippen LogP contribution in [0.2, 0.25) is 0 Å². The van der Waals surface area contributed by atoms with Gasteiger partial charge in [-0.1, -0.05) is 13.0 Å². The van der Waals surface area contributed by atoms with Gasteiger partial charge in [0.2, 0.25) is 0 Å². The Morgan fingerprint density at radius 2 is 2.00 bits per heavy atom. The molecule has 3 heteroatoms. The molecule has 1 N–H and O–H groups in total. The van der Waals surface area contributed by atoms with E-state index < -0.39 is 0 Å². The fourth-order valence-electron chi connectivity index (χ4n) is 2.66. The van der Waals surface area contributed by atoms with E-state index >= 15 is 0 Å². The maximum absolute atomic E-state index is 3.75. The van der Waals surface area contributed by atoms with Crippen LogP contribution in [0.15, 0.2) is 22.7 Å². The lowest BCUT2D eigenvalue weighted by Crippen LogP contribution is -2.29. The highest BCUT2D eigenvalue weighted by molar-refractivity contribution is 9.10. The van der Waals surface area contributed by atoms with Crippen LogP contribution in [-0.2, 0) is 0 Å². The van der Waals surface area contributed by atoms with Gasteiger partial charge in [0, 0.05) is 23.6 Å². The van der Waals surface area contributed by atoms with Crippen molar-refractivity contribution in [3.63, 3.8) is 0 Å². The van der Waals surface area contributed by atoms with Gasteiger partial charge in [0.25, 0.3) is 0 Å². The molecular formula is C16H25BrN2. The Kier molecular flexibility index (Phi) is 5.71. The third-order valence-electron chi connectivity index (χ3n) is 3.87. The Balaban J connectivity index is 2.07. The largest absolute Gasteiger partial charge is 0.371 e. The van der Waals surface area contributed by atoms with Gasteiger partial charge in [-0.3, -0.25) is 0 Å². The van der Waals surface area contributed by atoms with Gasteiger partial charge in [0.1, 0.15) is 0 Å². The minimum Gasteiger partial charge on any atom is -0.371 e. The van der Waals surface area contributed by atoms with E-state index in [2.05, 4.69) is 58.2 Å². The van der Waals surface area contributed by atoms with Crippen molar-refractivity contribution in [2.45, 2.75) is 45.6 Å². The first-order valence-electron chi connectivity index (χ1n) is 7.50. The number of rotatable bonds is 5. The number of hydrogen-bond acceptors (Lipinski definition) is 2. The zero-order chi connectivity index (χ0) is 13.7. The quantitative estimate of drug-likeness (QED) is 0.857. The van der Waals surface area contributed by atoms with Crippen molar-refractivity contribution >= 4 is 21.6 Å². The van der Waals surface area contributed by atoms with Crippen molar-refractivity contribution < 1.29 is 0 Å². The summed E-state index contributed by atoms with van der Waals surface area (Å²) >= 11 is 3.75. The van der Waals surface area contributed by atoms with Crippen LogP contribution in [0.25, 0.3) is 0 Å². The second-order valence-corrected chi connectivity index (χ2v) is 6.29. The molecule has 0 saturated carbocycles. The fourth-order valence-corrected chi connectivity index (χ4v) is 3.31. The zero-order valence-corrected chi connectivity index (χ0v) is 13.7. The Bertz CT molecular complexity index is 400. The third-order valence-corrected chi connectivity index (χ3v) is 4.50. The number of nitrogens with one attached hydrogen (secondary N) is 1. The van der Waals surface area contributed by atoms with Crippen molar-refractivity contribution in [1.82, 2.24) is 5.32 Å². The predicted octanol–water partition coefficient (Wildman–Crippen LogP) is 4.50. The van der Waals surface area contributed by atoms with Crippen molar-refractivity contribution in [2.75, 3.05) is 24.5 Å². The van der Waals surface area contributed by atoms with E-state index in [9.17, 15) is 0 Å². The van der Waals surface area contributed by atoms with Gasteiger partial charge in [0.05, 0.1) is 5.69 Å². The zero-order valence-electron chi connectivity index (χ0n) is 12.1. The summed E-state index contributed by atoms with van der Waals surface area (Å²) in [6, 6.07) is 7.24. The molecule has 0 radical (unpaired) electrons. The number of benzene rings is 1. The lowest BCUT2D eigenvalue weighted by Gasteiger charge is -2.30. The summed E-state index contributed by atoms with van der Waals surface area (Å²) in [6.45, 7) is 7.91. The monoisotopic (exact) mass is 324 g/mol. The van der Waals surface area contributed by atoms with Gasteiger partial charge in [-0.15, -0.1) is 0 Å². The molecule has 0 bridgehead atoms. The maximum atomic E-state index is 3.75. The van der Waals surface area contributed by atoms with E-state index in [1.165, 1.54) is 54.5 Å². The van der Waals surface area contributed by atoms with Crippen LogP contribution < -0.4 is 10.2 Å². The molecule has 0 aromatic heterocycles. The minimum atomic E-state index is 0.423. The van der Waals surface area contributed by atoms with Crippen molar-refractivity contribution in [3.8, 4) is 0 Å². The lowest BCUT2D eigenvalue weighted by molar-refractivity contribution is 0.568. The third kappa shape index (κ3) is 3.96. The molecule has 2 nitrogen and oxygen atoms in total. The molecule has 1 heterocycles. The normalized spacial score (nSPS) is 17.5. The van der Waals surface area contributed by atoms with Gasteiger partial charge in [-0.05, 0) is 72.8 Å². The molecule has 1 aromatic rings. The number of anilines is 1. The Morgan fingerprint density at radius 1 is 1.26 bits per heavy atom. The Morgan fingerprint density at radius 3 is 2.63 bits per heavy atom. The highest BCUT2D eigenvalue weighted by Crippen LogP contribution is 2.31. The highest BCUT2D eigenvalue weighted by atomic mass is 79.9. The SMILES string of the molecule is CCCNC(C)c1ccc(N2CCCCC2)c(Br)c1. The summed E-state index contributed by atoms with van der Waals surface area (Å²) in [6.07, 6.45) is 5.20. The average molecular weight is 325 g/mol. The number of hydrogen-bond donors (Lipinski definition) is 1. The molecule has 1 fully saturated rings. The smallest absolute Gasteiger partial charge is 0.0510 e. The van der Waals surface area contributed by atoms with E-state index in [0.717, 1.165) is 6.54 Å². The standard InChI is InChI=1S/C16H25BrN2/c1-3-9-18-13(2)14-7-8-16(15(17)12-14)19-10-5-4-6-11-19/h7-8,12-13,18H,3-6,9-11H2,1-2H3. The summed E-state index contributed by atoms with van der Waals surface area (Å²) in [5.74, 6) is 0. The molecular weight excluding hydrogens is 300 g/mol. The molecule has 1 aromatic carbocycles. The van der Waals surface area contributed by atoms with Crippen LogP contribution in [0, 0.1) is 0 Å². The molecule has 106 valence electrons. The Hall–Kier alpha value is -0.540. The molecule has 1 atom stereocenters. The first kappa shape index (κ1) is 14.9.